The molecule has 2 aromatic heterocycles. The molecule has 0 atom stereocenters. The van der Waals surface area contributed by atoms with E-state index in [4.69, 9.17) is 15.5 Å². The van der Waals surface area contributed by atoms with Gasteiger partial charge in [0.15, 0.2) is 17.0 Å². The van der Waals surface area contributed by atoms with E-state index in [1.807, 2.05) is 34.9 Å². The van der Waals surface area contributed by atoms with Crippen molar-refractivity contribution < 1.29 is 4.74 Å². The number of aryl methyl sites for hydroxylation is 2. The molecule has 7 nitrogen and oxygen atoms in total. The summed E-state index contributed by atoms with van der Waals surface area (Å²) in [6, 6.07) is 18.3. The number of anilines is 2. The molecule has 0 fully saturated rings. The fourth-order valence-electron chi connectivity index (χ4n) is 3.48. The van der Waals surface area contributed by atoms with Gasteiger partial charge in [-0.05, 0) is 42.7 Å². The molecular weight excluding hydrogens is 376 g/mol. The summed E-state index contributed by atoms with van der Waals surface area (Å²) in [5.74, 6) is 2.59. The summed E-state index contributed by atoms with van der Waals surface area (Å²) in [7, 11) is 1.66. The Hall–Kier alpha value is -3.61. The minimum Gasteiger partial charge on any atom is -0.497 e. The van der Waals surface area contributed by atoms with Crippen LogP contribution in [0, 0.1) is 0 Å². The lowest BCUT2D eigenvalue weighted by Crippen LogP contribution is -2.09. The standard InChI is InChI=1S/C23H26N6O/c1-3-19-26-20-21(24)27-23(25-15-7-10-16-8-5-4-6-9-16)28-22(20)29(19)17-11-13-18(30-2)14-12-17/h4-6,8-9,11-14H,3,7,10,15H2,1-2H3,(H3,24,25,27,28). The average molecular weight is 403 g/mol. The van der Waals surface area contributed by atoms with Crippen LogP contribution in [-0.4, -0.2) is 33.2 Å². The zero-order chi connectivity index (χ0) is 20.9. The van der Waals surface area contributed by atoms with Gasteiger partial charge in [0.2, 0.25) is 5.95 Å². The van der Waals surface area contributed by atoms with E-state index in [0.29, 0.717) is 22.9 Å². The summed E-state index contributed by atoms with van der Waals surface area (Å²) in [6.45, 7) is 2.82. The van der Waals surface area contributed by atoms with Crippen LogP contribution in [0.2, 0.25) is 0 Å². The SMILES string of the molecule is CCc1nc2c(N)nc(NCCCc3ccccc3)nc2n1-c1ccc(OC)cc1. The summed E-state index contributed by atoms with van der Waals surface area (Å²) in [6.07, 6.45) is 2.72. The first-order chi connectivity index (χ1) is 14.7. The van der Waals surface area contributed by atoms with E-state index < -0.39 is 0 Å². The van der Waals surface area contributed by atoms with Gasteiger partial charge in [0, 0.05) is 18.7 Å². The topological polar surface area (TPSA) is 90.9 Å². The Balaban J connectivity index is 1.59. The number of fused-ring (bicyclic) bond motifs is 1. The second kappa shape index (κ2) is 8.82. The van der Waals surface area contributed by atoms with Crippen LogP contribution in [0.15, 0.2) is 54.6 Å². The van der Waals surface area contributed by atoms with Gasteiger partial charge in [-0.1, -0.05) is 37.3 Å². The number of imidazole rings is 1. The Morgan fingerprint density at radius 3 is 2.47 bits per heavy atom. The number of hydrogen-bond acceptors (Lipinski definition) is 6. The molecule has 0 unspecified atom stereocenters. The van der Waals surface area contributed by atoms with Gasteiger partial charge in [0.25, 0.3) is 0 Å². The highest BCUT2D eigenvalue weighted by Crippen LogP contribution is 2.26. The summed E-state index contributed by atoms with van der Waals surface area (Å²) < 4.78 is 7.30. The molecular formula is C23H26N6O. The van der Waals surface area contributed by atoms with Crippen molar-refractivity contribution in [3.63, 3.8) is 0 Å². The van der Waals surface area contributed by atoms with Crippen molar-refractivity contribution in [1.82, 2.24) is 19.5 Å². The normalized spacial score (nSPS) is 11.0. The monoisotopic (exact) mass is 402 g/mol. The van der Waals surface area contributed by atoms with Gasteiger partial charge in [0.05, 0.1) is 7.11 Å². The van der Waals surface area contributed by atoms with Crippen LogP contribution in [0.1, 0.15) is 24.7 Å². The third kappa shape index (κ3) is 4.05. The van der Waals surface area contributed by atoms with Crippen molar-refractivity contribution in [1.29, 1.82) is 0 Å². The van der Waals surface area contributed by atoms with Gasteiger partial charge in [-0.2, -0.15) is 9.97 Å². The molecule has 0 radical (unpaired) electrons. The number of nitrogen functional groups attached to an aromatic ring is 1. The smallest absolute Gasteiger partial charge is 0.226 e. The van der Waals surface area contributed by atoms with Crippen LogP contribution in [-0.2, 0) is 12.8 Å². The highest BCUT2D eigenvalue weighted by atomic mass is 16.5. The number of ether oxygens (including phenoxy) is 1. The Kier molecular flexibility index (Phi) is 5.79. The highest BCUT2D eigenvalue weighted by Gasteiger charge is 2.17. The molecule has 3 N–H and O–H groups in total. The lowest BCUT2D eigenvalue weighted by Gasteiger charge is -2.10. The third-order valence-electron chi connectivity index (χ3n) is 5.02. The van der Waals surface area contributed by atoms with Gasteiger partial charge >= 0.3 is 0 Å². The van der Waals surface area contributed by atoms with Crippen LogP contribution in [0.25, 0.3) is 16.9 Å². The van der Waals surface area contributed by atoms with E-state index >= 15 is 0 Å². The minimum absolute atomic E-state index is 0.382. The summed E-state index contributed by atoms with van der Waals surface area (Å²) in [4.78, 5) is 13.8. The maximum Gasteiger partial charge on any atom is 0.226 e. The lowest BCUT2D eigenvalue weighted by atomic mass is 10.1. The Bertz CT molecular complexity index is 1120. The Morgan fingerprint density at radius 2 is 1.77 bits per heavy atom. The van der Waals surface area contributed by atoms with E-state index in [1.54, 1.807) is 7.11 Å². The van der Waals surface area contributed by atoms with E-state index in [-0.39, 0.29) is 0 Å². The van der Waals surface area contributed by atoms with Crippen LogP contribution in [0.3, 0.4) is 0 Å². The lowest BCUT2D eigenvalue weighted by molar-refractivity contribution is 0.414. The predicted molar refractivity (Wildman–Crippen MR) is 120 cm³/mol. The molecule has 0 aliphatic heterocycles. The second-order valence-electron chi connectivity index (χ2n) is 7.04. The molecule has 30 heavy (non-hydrogen) atoms. The van der Waals surface area contributed by atoms with Gasteiger partial charge in [-0.15, -0.1) is 0 Å². The van der Waals surface area contributed by atoms with E-state index in [1.165, 1.54) is 5.56 Å². The van der Waals surface area contributed by atoms with Crippen LogP contribution >= 0.6 is 0 Å². The van der Waals surface area contributed by atoms with Gasteiger partial charge in [-0.3, -0.25) is 4.57 Å². The van der Waals surface area contributed by atoms with E-state index in [9.17, 15) is 0 Å². The first-order valence-corrected chi connectivity index (χ1v) is 10.2. The first kappa shape index (κ1) is 19.7. The van der Waals surface area contributed by atoms with Crippen molar-refractivity contribution >= 4 is 22.9 Å². The number of nitrogens with two attached hydrogens (primary N) is 1. The van der Waals surface area contributed by atoms with Crippen LogP contribution in [0.4, 0.5) is 11.8 Å². The van der Waals surface area contributed by atoms with Crippen LogP contribution < -0.4 is 15.8 Å². The van der Waals surface area contributed by atoms with Crippen molar-refractivity contribution in [2.24, 2.45) is 0 Å². The number of rotatable bonds is 8. The summed E-state index contributed by atoms with van der Waals surface area (Å²) >= 11 is 0. The minimum atomic E-state index is 0.382. The molecule has 0 aliphatic carbocycles. The average Bonchev–Trinajstić information content (AvgIpc) is 3.17. The molecule has 0 saturated heterocycles. The molecule has 0 aliphatic rings. The molecule has 2 heterocycles. The first-order valence-electron chi connectivity index (χ1n) is 10.2. The van der Waals surface area contributed by atoms with Crippen LogP contribution in [0.5, 0.6) is 5.75 Å². The molecule has 2 aromatic carbocycles. The van der Waals surface area contributed by atoms with E-state index in [0.717, 1.165) is 43.1 Å². The number of nitrogens with zero attached hydrogens (tertiary/aromatic N) is 4. The second-order valence-corrected chi connectivity index (χ2v) is 7.04. The predicted octanol–water partition coefficient (Wildman–Crippen LogP) is 4.01. The number of nitrogens with one attached hydrogen (secondary N) is 1. The quantitative estimate of drug-likeness (QED) is 0.433. The fraction of sp³-hybridized carbons (Fsp3) is 0.261. The van der Waals surface area contributed by atoms with E-state index in [2.05, 4.69) is 46.5 Å². The van der Waals surface area contributed by atoms with Gasteiger partial charge < -0.3 is 15.8 Å². The Labute approximate surface area is 175 Å². The Morgan fingerprint density at radius 1 is 1.00 bits per heavy atom. The maximum atomic E-state index is 6.23. The zero-order valence-electron chi connectivity index (χ0n) is 17.3. The molecule has 4 rings (SSSR count). The number of benzene rings is 2. The zero-order valence-corrected chi connectivity index (χ0v) is 17.3. The largest absolute Gasteiger partial charge is 0.497 e. The van der Waals surface area contributed by atoms with Crippen molar-refractivity contribution in [3.05, 3.63) is 66.0 Å². The maximum absolute atomic E-state index is 6.23. The van der Waals surface area contributed by atoms with Crippen molar-refractivity contribution in [2.75, 3.05) is 24.7 Å². The molecule has 7 heteroatoms. The fourth-order valence-corrected chi connectivity index (χ4v) is 3.48. The van der Waals surface area contributed by atoms with Crippen molar-refractivity contribution in [2.45, 2.75) is 26.2 Å². The molecule has 0 amide bonds. The number of aromatic nitrogens is 4. The van der Waals surface area contributed by atoms with Gasteiger partial charge in [0.1, 0.15) is 11.6 Å². The molecule has 0 bridgehead atoms. The number of methoxy groups -OCH3 is 1. The summed E-state index contributed by atoms with van der Waals surface area (Å²) in [5, 5.41) is 3.31. The molecule has 0 saturated carbocycles. The molecule has 4 aromatic rings. The third-order valence-corrected chi connectivity index (χ3v) is 5.02. The highest BCUT2D eigenvalue weighted by molar-refractivity contribution is 5.85. The molecule has 0 spiro atoms. The van der Waals surface area contributed by atoms with Gasteiger partial charge in [-0.25, -0.2) is 4.98 Å². The summed E-state index contributed by atoms with van der Waals surface area (Å²) in [5.41, 5.74) is 9.83. The van der Waals surface area contributed by atoms with Crippen molar-refractivity contribution in [3.8, 4) is 11.4 Å². The number of hydrogen-bond donors (Lipinski definition) is 2. The molecule has 154 valence electrons.